The lowest BCUT2D eigenvalue weighted by molar-refractivity contribution is -0.0436. The van der Waals surface area contributed by atoms with E-state index in [1.165, 1.54) is 24.3 Å². The Bertz CT molecular complexity index is 1160. The average Bonchev–Trinajstić information content (AvgIpc) is 2.81. The molecule has 29 heavy (non-hydrogen) atoms. The maximum atomic E-state index is 12.9. The van der Waals surface area contributed by atoms with Crippen LogP contribution in [0.25, 0.3) is 0 Å². The SMILES string of the molecule is CS(=O)(=O)c1cc2c(cc1O)C(c1cccc(S(=O)(=O)C(F)(F)F)c1)CNCC2. The van der Waals surface area contributed by atoms with E-state index in [9.17, 15) is 35.1 Å². The molecule has 0 spiro atoms. The molecule has 2 N–H and O–H groups in total. The molecule has 1 aliphatic heterocycles. The van der Waals surface area contributed by atoms with Gasteiger partial charge in [-0.1, -0.05) is 12.1 Å². The van der Waals surface area contributed by atoms with E-state index in [4.69, 9.17) is 0 Å². The van der Waals surface area contributed by atoms with Crippen molar-refractivity contribution >= 4 is 19.7 Å². The van der Waals surface area contributed by atoms with Crippen molar-refractivity contribution in [3.63, 3.8) is 0 Å². The van der Waals surface area contributed by atoms with Gasteiger partial charge >= 0.3 is 5.51 Å². The monoisotopic (exact) mass is 449 g/mol. The smallest absolute Gasteiger partial charge is 0.501 e. The van der Waals surface area contributed by atoms with Gasteiger partial charge in [0.15, 0.2) is 9.84 Å². The first-order valence-corrected chi connectivity index (χ1v) is 11.9. The minimum Gasteiger partial charge on any atom is -0.507 e. The van der Waals surface area contributed by atoms with Gasteiger partial charge < -0.3 is 10.4 Å². The molecule has 2 aromatic carbocycles. The quantitative estimate of drug-likeness (QED) is 0.746. The molecule has 0 aliphatic carbocycles. The second-order valence-corrected chi connectivity index (χ2v) is 10.7. The third-order valence-electron chi connectivity index (χ3n) is 4.79. The van der Waals surface area contributed by atoms with Crippen molar-refractivity contribution in [1.29, 1.82) is 0 Å². The Kier molecular flexibility index (Phi) is 5.43. The molecule has 0 bridgehead atoms. The van der Waals surface area contributed by atoms with Gasteiger partial charge in [-0.2, -0.15) is 13.2 Å². The van der Waals surface area contributed by atoms with Gasteiger partial charge in [-0.05, 0) is 53.9 Å². The van der Waals surface area contributed by atoms with Crippen LogP contribution in [-0.4, -0.2) is 46.8 Å². The summed E-state index contributed by atoms with van der Waals surface area (Å²) >= 11 is 0. The number of sulfone groups is 2. The van der Waals surface area contributed by atoms with Gasteiger partial charge in [-0.3, -0.25) is 0 Å². The summed E-state index contributed by atoms with van der Waals surface area (Å²) in [5.41, 5.74) is -3.98. The molecule has 0 amide bonds. The highest BCUT2D eigenvalue weighted by Crippen LogP contribution is 2.37. The summed E-state index contributed by atoms with van der Waals surface area (Å²) in [7, 11) is -9.19. The summed E-state index contributed by atoms with van der Waals surface area (Å²) in [5.74, 6) is -1.03. The number of rotatable bonds is 3. The number of hydrogen-bond donors (Lipinski definition) is 2. The van der Waals surface area contributed by atoms with Crippen molar-refractivity contribution in [2.75, 3.05) is 19.3 Å². The molecule has 2 aromatic rings. The molecular formula is C18H18F3NO5S2. The standard InChI is InChI=1S/C18H18F3NO5S2/c1-28(24,25)17-8-12-5-6-22-10-15(14(12)9-16(17)23)11-3-2-4-13(7-11)29(26,27)18(19,20)21/h2-4,7-9,15,22-23H,5-6,10H2,1H3. The van der Waals surface area contributed by atoms with Gasteiger partial charge in [-0.25, -0.2) is 16.8 Å². The molecular weight excluding hydrogens is 431 g/mol. The van der Waals surface area contributed by atoms with Crippen molar-refractivity contribution in [3.8, 4) is 5.75 Å². The van der Waals surface area contributed by atoms with Crippen molar-refractivity contribution in [3.05, 3.63) is 53.1 Å². The molecule has 1 heterocycles. The zero-order valence-corrected chi connectivity index (χ0v) is 16.8. The minimum atomic E-state index is -5.51. The summed E-state index contributed by atoms with van der Waals surface area (Å²) in [4.78, 5) is -1.10. The second-order valence-electron chi connectivity index (χ2n) is 6.82. The fraction of sp³-hybridized carbons (Fsp3) is 0.333. The van der Waals surface area contributed by atoms with Gasteiger partial charge in [0.05, 0.1) is 4.90 Å². The summed E-state index contributed by atoms with van der Waals surface area (Å²) < 4.78 is 86.0. The summed E-state index contributed by atoms with van der Waals surface area (Å²) in [6.07, 6.45) is 1.40. The third kappa shape index (κ3) is 4.12. The molecule has 3 rings (SSSR count). The molecule has 1 atom stereocenters. The average molecular weight is 449 g/mol. The molecule has 0 aromatic heterocycles. The predicted molar refractivity (Wildman–Crippen MR) is 99.3 cm³/mol. The van der Waals surface area contributed by atoms with E-state index >= 15 is 0 Å². The van der Waals surface area contributed by atoms with Gasteiger partial charge in [0.1, 0.15) is 10.6 Å². The van der Waals surface area contributed by atoms with Crippen LogP contribution in [0.5, 0.6) is 5.75 Å². The van der Waals surface area contributed by atoms with Crippen LogP contribution in [0.2, 0.25) is 0 Å². The van der Waals surface area contributed by atoms with Gasteiger partial charge in [0.25, 0.3) is 9.84 Å². The number of phenols is 1. The molecule has 0 radical (unpaired) electrons. The second kappa shape index (κ2) is 7.29. The minimum absolute atomic E-state index is 0.231. The van der Waals surface area contributed by atoms with Crippen LogP contribution < -0.4 is 5.32 Å². The fourth-order valence-corrected chi connectivity index (χ4v) is 4.98. The highest BCUT2D eigenvalue weighted by Gasteiger charge is 2.47. The van der Waals surface area contributed by atoms with E-state index in [1.807, 2.05) is 0 Å². The van der Waals surface area contributed by atoms with Crippen LogP contribution in [-0.2, 0) is 26.1 Å². The largest absolute Gasteiger partial charge is 0.507 e. The highest BCUT2D eigenvalue weighted by molar-refractivity contribution is 7.92. The highest BCUT2D eigenvalue weighted by atomic mass is 32.2. The van der Waals surface area contributed by atoms with E-state index in [2.05, 4.69) is 5.32 Å². The first kappa shape index (κ1) is 21.6. The Labute approximate surface area is 166 Å². The Balaban J connectivity index is 2.15. The number of halogens is 3. The lowest BCUT2D eigenvalue weighted by Crippen LogP contribution is -2.24. The van der Waals surface area contributed by atoms with Crippen molar-refractivity contribution in [2.45, 2.75) is 27.6 Å². The Morgan fingerprint density at radius 1 is 1.10 bits per heavy atom. The van der Waals surface area contributed by atoms with Crippen LogP contribution >= 0.6 is 0 Å². The first-order valence-electron chi connectivity index (χ1n) is 8.50. The van der Waals surface area contributed by atoms with E-state index < -0.39 is 41.7 Å². The Hall–Kier alpha value is -2.11. The number of phenolic OH excluding ortho intramolecular Hbond substituents is 1. The molecule has 158 valence electrons. The fourth-order valence-electron chi connectivity index (χ4n) is 3.37. The topological polar surface area (TPSA) is 101 Å². The molecule has 6 nitrogen and oxygen atoms in total. The van der Waals surface area contributed by atoms with Gasteiger partial charge in [0.2, 0.25) is 0 Å². The molecule has 0 saturated heterocycles. The van der Waals surface area contributed by atoms with Crippen LogP contribution in [0.1, 0.15) is 22.6 Å². The molecule has 0 saturated carbocycles. The summed E-state index contributed by atoms with van der Waals surface area (Å²) in [6, 6.07) is 7.21. The van der Waals surface area contributed by atoms with E-state index in [-0.39, 0.29) is 11.4 Å². The van der Waals surface area contributed by atoms with Crippen molar-refractivity contribution in [1.82, 2.24) is 5.32 Å². The van der Waals surface area contributed by atoms with E-state index in [1.54, 1.807) is 0 Å². The van der Waals surface area contributed by atoms with Crippen LogP contribution in [0.3, 0.4) is 0 Å². The number of benzene rings is 2. The Morgan fingerprint density at radius 3 is 2.41 bits per heavy atom. The van der Waals surface area contributed by atoms with E-state index in [0.29, 0.717) is 29.7 Å². The molecule has 0 fully saturated rings. The zero-order valence-electron chi connectivity index (χ0n) is 15.2. The molecule has 11 heteroatoms. The van der Waals surface area contributed by atoms with Crippen molar-refractivity contribution in [2.24, 2.45) is 0 Å². The number of alkyl halides is 3. The number of nitrogens with one attached hydrogen (secondary N) is 1. The Morgan fingerprint density at radius 2 is 1.79 bits per heavy atom. The molecule has 1 aliphatic rings. The predicted octanol–water partition coefficient (Wildman–Crippen LogP) is 2.37. The zero-order chi connectivity index (χ0) is 21.6. The van der Waals surface area contributed by atoms with Gasteiger partial charge in [-0.15, -0.1) is 0 Å². The maximum Gasteiger partial charge on any atom is 0.501 e. The van der Waals surface area contributed by atoms with Crippen LogP contribution in [0.15, 0.2) is 46.2 Å². The van der Waals surface area contributed by atoms with Gasteiger partial charge in [0, 0.05) is 18.7 Å². The maximum absolute atomic E-state index is 12.9. The summed E-state index contributed by atoms with van der Waals surface area (Å²) in [5, 5.41) is 13.3. The number of fused-ring (bicyclic) bond motifs is 1. The van der Waals surface area contributed by atoms with Crippen LogP contribution in [0, 0.1) is 0 Å². The van der Waals surface area contributed by atoms with Crippen LogP contribution in [0.4, 0.5) is 13.2 Å². The number of hydrogen-bond acceptors (Lipinski definition) is 6. The third-order valence-corrected chi connectivity index (χ3v) is 7.40. The van der Waals surface area contributed by atoms with Crippen molar-refractivity contribution < 1.29 is 35.1 Å². The lowest BCUT2D eigenvalue weighted by Gasteiger charge is -2.20. The van der Waals surface area contributed by atoms with E-state index in [0.717, 1.165) is 18.4 Å². The normalized spacial score (nSPS) is 18.1. The summed E-state index contributed by atoms with van der Waals surface area (Å²) in [6.45, 7) is 0.762. The molecule has 1 unspecified atom stereocenters. The first-order chi connectivity index (χ1) is 13.3. The number of aromatic hydroxyl groups is 1. The lowest BCUT2D eigenvalue weighted by atomic mass is 9.88.